The van der Waals surface area contributed by atoms with Gasteiger partial charge >= 0.3 is 0 Å². The second kappa shape index (κ2) is 12.1. The molecule has 0 spiro atoms. The van der Waals surface area contributed by atoms with E-state index >= 15 is 0 Å². The van der Waals surface area contributed by atoms with Crippen molar-refractivity contribution < 1.29 is 9.53 Å². The van der Waals surface area contributed by atoms with Crippen LogP contribution in [0.5, 0.6) is 5.75 Å². The molecule has 0 radical (unpaired) electrons. The number of carbonyl (C=O) groups is 1. The zero-order valence-corrected chi connectivity index (χ0v) is 23.9. The number of nitriles is 1. The van der Waals surface area contributed by atoms with E-state index < -0.39 is 0 Å². The highest BCUT2D eigenvalue weighted by molar-refractivity contribution is 7.99. The Labute approximate surface area is 237 Å². The fourth-order valence-electron chi connectivity index (χ4n) is 4.71. The molecule has 0 saturated heterocycles. The summed E-state index contributed by atoms with van der Waals surface area (Å²) in [4.78, 5) is 14.2. The van der Waals surface area contributed by atoms with Crippen molar-refractivity contribution in [3.05, 3.63) is 82.0 Å². The third-order valence-electron chi connectivity index (χ3n) is 6.76. The molecule has 9 heteroatoms. The molecule has 200 valence electrons. The zero-order chi connectivity index (χ0) is 27.4. The number of aromatic nitrogens is 3. The Morgan fingerprint density at radius 3 is 2.56 bits per heavy atom. The Hall–Kier alpha value is -3.61. The zero-order valence-electron chi connectivity index (χ0n) is 22.3. The second-order valence-electron chi connectivity index (χ2n) is 9.86. The van der Waals surface area contributed by atoms with E-state index in [2.05, 4.69) is 47.6 Å². The molecule has 2 heterocycles. The average Bonchev–Trinajstić information content (AvgIpc) is 3.53. The van der Waals surface area contributed by atoms with E-state index in [9.17, 15) is 10.1 Å². The maximum absolute atomic E-state index is 13.0. The number of benzene rings is 2. The molecule has 1 N–H and O–H groups in total. The fourth-order valence-corrected chi connectivity index (χ4v) is 6.73. The number of ether oxygens (including phenoxy) is 1. The predicted molar refractivity (Wildman–Crippen MR) is 156 cm³/mol. The van der Waals surface area contributed by atoms with Gasteiger partial charge in [0, 0.05) is 10.6 Å². The molecule has 4 aromatic rings. The normalized spacial score (nSPS) is 13.5. The third kappa shape index (κ3) is 6.02. The monoisotopic (exact) mass is 557 g/mol. The van der Waals surface area contributed by atoms with Gasteiger partial charge in [0.1, 0.15) is 16.8 Å². The van der Waals surface area contributed by atoms with Crippen molar-refractivity contribution in [2.45, 2.75) is 63.6 Å². The third-order valence-corrected chi connectivity index (χ3v) is 8.90. The smallest absolute Gasteiger partial charge is 0.235 e. The molecule has 1 aliphatic rings. The number of para-hydroxylation sites is 1. The van der Waals surface area contributed by atoms with Gasteiger partial charge in [-0.2, -0.15) is 5.26 Å². The summed E-state index contributed by atoms with van der Waals surface area (Å²) < 4.78 is 8.18. The van der Waals surface area contributed by atoms with Crippen LogP contribution in [0.1, 0.15) is 73.0 Å². The molecule has 7 nitrogen and oxygen atoms in total. The number of anilines is 1. The molecule has 1 atom stereocenters. The first kappa shape index (κ1) is 27.0. The van der Waals surface area contributed by atoms with Gasteiger partial charge in [0.2, 0.25) is 5.91 Å². The molecule has 39 heavy (non-hydrogen) atoms. The summed E-state index contributed by atoms with van der Waals surface area (Å²) in [7, 11) is 0. The molecule has 0 saturated carbocycles. The van der Waals surface area contributed by atoms with Crippen molar-refractivity contribution in [2.75, 3.05) is 11.1 Å². The SMILES string of the molecule is CC(C)c1ccc(OC(C)c2nnc(SCC(=O)Nc3sc4c(c3C#N)CCCC4)n2-c2ccccc2)cc1. The molecule has 1 unspecified atom stereocenters. The summed E-state index contributed by atoms with van der Waals surface area (Å²) in [6.07, 6.45) is 3.73. The maximum atomic E-state index is 13.0. The minimum absolute atomic E-state index is 0.143. The molecule has 0 aliphatic heterocycles. The summed E-state index contributed by atoms with van der Waals surface area (Å²) in [5.74, 6) is 1.83. The van der Waals surface area contributed by atoms with Crippen LogP contribution >= 0.6 is 23.1 Å². The van der Waals surface area contributed by atoms with Crippen LogP contribution in [0.25, 0.3) is 5.69 Å². The van der Waals surface area contributed by atoms with Crippen LogP contribution < -0.4 is 10.1 Å². The van der Waals surface area contributed by atoms with E-state index in [-0.39, 0.29) is 17.8 Å². The number of aryl methyl sites for hydroxylation is 1. The standard InChI is InChI=1S/C30H31N5O2S2/c1-19(2)21-13-15-23(16-14-21)37-20(3)28-33-34-30(35(28)22-9-5-4-6-10-22)38-18-27(36)32-29-25(17-31)24-11-7-8-12-26(24)39-29/h4-6,9-10,13-16,19-20H,7-8,11-12,18H2,1-3H3,(H,32,36). The summed E-state index contributed by atoms with van der Waals surface area (Å²) in [6.45, 7) is 6.27. The number of nitrogens with one attached hydrogen (secondary N) is 1. The highest BCUT2D eigenvalue weighted by atomic mass is 32.2. The van der Waals surface area contributed by atoms with Gasteiger partial charge in [-0.25, -0.2) is 0 Å². The number of rotatable bonds is 9. The first-order valence-corrected chi connectivity index (χ1v) is 15.0. The lowest BCUT2D eigenvalue weighted by Crippen LogP contribution is -2.15. The number of hydrogen-bond acceptors (Lipinski definition) is 7. The van der Waals surface area contributed by atoms with Crippen molar-refractivity contribution >= 4 is 34.0 Å². The molecule has 1 amide bonds. The number of carbonyl (C=O) groups excluding carboxylic acids is 1. The Morgan fingerprint density at radius 2 is 1.85 bits per heavy atom. The lowest BCUT2D eigenvalue weighted by atomic mass is 9.96. The van der Waals surface area contributed by atoms with Crippen LogP contribution in [-0.4, -0.2) is 26.4 Å². The van der Waals surface area contributed by atoms with Crippen LogP contribution in [0.2, 0.25) is 0 Å². The number of amides is 1. The van der Waals surface area contributed by atoms with Gasteiger partial charge in [-0.15, -0.1) is 21.5 Å². The molecule has 2 aromatic carbocycles. The van der Waals surface area contributed by atoms with Crippen molar-refractivity contribution in [3.63, 3.8) is 0 Å². The van der Waals surface area contributed by atoms with Gasteiger partial charge in [-0.1, -0.05) is 55.9 Å². The summed E-state index contributed by atoms with van der Waals surface area (Å²) in [6, 6.07) is 20.3. The van der Waals surface area contributed by atoms with E-state index in [1.807, 2.05) is 54.0 Å². The summed E-state index contributed by atoms with van der Waals surface area (Å²) in [5, 5.41) is 22.8. The van der Waals surface area contributed by atoms with E-state index in [0.29, 0.717) is 27.5 Å². The molecule has 0 fully saturated rings. The number of thioether (sulfide) groups is 1. The Morgan fingerprint density at radius 1 is 1.10 bits per heavy atom. The first-order valence-electron chi connectivity index (χ1n) is 13.2. The highest BCUT2D eigenvalue weighted by Gasteiger charge is 2.24. The topological polar surface area (TPSA) is 92.8 Å². The van der Waals surface area contributed by atoms with Gasteiger partial charge in [-0.3, -0.25) is 9.36 Å². The molecule has 5 rings (SSSR count). The van der Waals surface area contributed by atoms with Gasteiger partial charge in [0.05, 0.1) is 11.3 Å². The summed E-state index contributed by atoms with van der Waals surface area (Å²) in [5.41, 5.74) is 3.88. The van der Waals surface area contributed by atoms with Crippen LogP contribution in [-0.2, 0) is 17.6 Å². The van der Waals surface area contributed by atoms with E-state index in [1.165, 1.54) is 33.5 Å². The number of fused-ring (bicyclic) bond motifs is 1. The van der Waals surface area contributed by atoms with Crippen molar-refractivity contribution in [1.82, 2.24) is 14.8 Å². The Balaban J connectivity index is 1.33. The fraction of sp³-hybridized carbons (Fsp3) is 0.333. The van der Waals surface area contributed by atoms with Crippen molar-refractivity contribution in [2.24, 2.45) is 0 Å². The van der Waals surface area contributed by atoms with Crippen LogP contribution in [0.4, 0.5) is 5.00 Å². The van der Waals surface area contributed by atoms with Gasteiger partial charge in [0.25, 0.3) is 0 Å². The molecular formula is C30H31N5O2S2. The molecule has 1 aliphatic carbocycles. The van der Waals surface area contributed by atoms with E-state index in [0.717, 1.165) is 42.7 Å². The highest BCUT2D eigenvalue weighted by Crippen LogP contribution is 2.38. The minimum Gasteiger partial charge on any atom is -0.483 e. The molecular weight excluding hydrogens is 526 g/mol. The Bertz CT molecular complexity index is 1490. The minimum atomic E-state index is -0.374. The van der Waals surface area contributed by atoms with Gasteiger partial charge in [0.15, 0.2) is 17.1 Å². The van der Waals surface area contributed by atoms with Crippen molar-refractivity contribution in [3.8, 4) is 17.5 Å². The molecule has 2 aromatic heterocycles. The summed E-state index contributed by atoms with van der Waals surface area (Å²) >= 11 is 2.85. The Kier molecular flexibility index (Phi) is 8.34. The quantitative estimate of drug-likeness (QED) is 0.221. The number of hydrogen-bond donors (Lipinski definition) is 1. The molecule has 0 bridgehead atoms. The van der Waals surface area contributed by atoms with Crippen LogP contribution in [0.15, 0.2) is 59.8 Å². The second-order valence-corrected chi connectivity index (χ2v) is 11.9. The van der Waals surface area contributed by atoms with E-state index in [1.54, 1.807) is 0 Å². The van der Waals surface area contributed by atoms with Gasteiger partial charge < -0.3 is 10.1 Å². The number of thiophene rings is 1. The van der Waals surface area contributed by atoms with Crippen LogP contribution in [0, 0.1) is 11.3 Å². The van der Waals surface area contributed by atoms with Gasteiger partial charge in [-0.05, 0) is 73.9 Å². The van der Waals surface area contributed by atoms with E-state index in [4.69, 9.17) is 4.74 Å². The predicted octanol–water partition coefficient (Wildman–Crippen LogP) is 7.07. The largest absolute Gasteiger partial charge is 0.483 e. The average molecular weight is 558 g/mol. The number of nitrogens with zero attached hydrogens (tertiary/aromatic N) is 4. The lowest BCUT2D eigenvalue weighted by molar-refractivity contribution is -0.113. The first-order chi connectivity index (χ1) is 18.9. The van der Waals surface area contributed by atoms with Crippen LogP contribution in [0.3, 0.4) is 0 Å². The maximum Gasteiger partial charge on any atom is 0.235 e. The lowest BCUT2D eigenvalue weighted by Gasteiger charge is -2.17. The van der Waals surface area contributed by atoms with Crippen molar-refractivity contribution in [1.29, 1.82) is 5.26 Å².